The van der Waals surface area contributed by atoms with E-state index in [1.165, 1.54) is 12.0 Å². The number of amides is 3. The summed E-state index contributed by atoms with van der Waals surface area (Å²) in [5.41, 5.74) is 2.54. The number of methoxy groups -OCH3 is 1. The van der Waals surface area contributed by atoms with Crippen molar-refractivity contribution in [3.05, 3.63) is 65.7 Å². The predicted octanol–water partition coefficient (Wildman–Crippen LogP) is 4.52. The zero-order valence-corrected chi connectivity index (χ0v) is 18.5. The Morgan fingerprint density at radius 3 is 2.50 bits per heavy atom. The average Bonchev–Trinajstić information content (AvgIpc) is 3.05. The van der Waals surface area contributed by atoms with Crippen molar-refractivity contribution in [1.82, 2.24) is 10.2 Å². The highest BCUT2D eigenvalue weighted by Crippen LogP contribution is 2.24. The molecule has 3 amide bonds. The Bertz CT molecular complexity index is 899. The average molecular weight is 438 g/mol. The number of likely N-dealkylation sites (tertiary alicyclic amines) is 1. The van der Waals surface area contributed by atoms with Crippen molar-refractivity contribution in [3.8, 4) is 0 Å². The van der Waals surface area contributed by atoms with Gasteiger partial charge in [-0.15, -0.1) is 0 Å². The molecule has 32 heavy (non-hydrogen) atoms. The molecule has 1 aliphatic heterocycles. The summed E-state index contributed by atoms with van der Waals surface area (Å²) >= 11 is 0. The first-order chi connectivity index (χ1) is 15.6. The van der Waals surface area contributed by atoms with Crippen molar-refractivity contribution in [2.24, 2.45) is 0 Å². The summed E-state index contributed by atoms with van der Waals surface area (Å²) in [7, 11) is 1.36. The van der Waals surface area contributed by atoms with Gasteiger partial charge in [0, 0.05) is 25.2 Å². The second-order valence-corrected chi connectivity index (χ2v) is 7.91. The summed E-state index contributed by atoms with van der Waals surface area (Å²) < 4.78 is 4.78. The maximum atomic E-state index is 12.4. The third-order valence-electron chi connectivity index (χ3n) is 5.61. The number of carbonyl (C=O) groups excluding carboxylic acids is 3. The summed E-state index contributed by atoms with van der Waals surface area (Å²) in [4.78, 5) is 37.6. The van der Waals surface area contributed by atoms with E-state index in [-0.39, 0.29) is 23.9 Å². The van der Waals surface area contributed by atoms with Crippen LogP contribution in [0.25, 0.3) is 0 Å². The molecule has 170 valence electrons. The Labute approximate surface area is 189 Å². The van der Waals surface area contributed by atoms with Gasteiger partial charge in [-0.05, 0) is 55.5 Å². The van der Waals surface area contributed by atoms with Crippen LogP contribution in [-0.4, -0.2) is 43.0 Å². The largest absolute Gasteiger partial charge is 0.465 e. The lowest BCUT2D eigenvalue weighted by Crippen LogP contribution is -2.43. The molecule has 1 heterocycles. The Kier molecular flexibility index (Phi) is 8.66. The van der Waals surface area contributed by atoms with Crippen LogP contribution >= 0.6 is 0 Å². The molecule has 1 atom stereocenters. The van der Waals surface area contributed by atoms with Crippen LogP contribution in [0.2, 0.25) is 0 Å². The van der Waals surface area contributed by atoms with Crippen LogP contribution in [-0.2, 0) is 9.53 Å². The van der Waals surface area contributed by atoms with E-state index >= 15 is 0 Å². The van der Waals surface area contributed by atoms with Gasteiger partial charge in [-0.1, -0.05) is 36.8 Å². The van der Waals surface area contributed by atoms with E-state index < -0.39 is 0 Å². The van der Waals surface area contributed by atoms with Gasteiger partial charge in [0.15, 0.2) is 0 Å². The van der Waals surface area contributed by atoms with Gasteiger partial charge in [-0.25, -0.2) is 9.59 Å². The molecule has 2 N–H and O–H groups in total. The Morgan fingerprint density at radius 1 is 1.03 bits per heavy atom. The van der Waals surface area contributed by atoms with Gasteiger partial charge < -0.3 is 15.4 Å². The van der Waals surface area contributed by atoms with Crippen molar-refractivity contribution in [1.29, 1.82) is 0 Å². The first-order valence-electron chi connectivity index (χ1n) is 11.2. The normalized spacial score (nSPS) is 14.9. The lowest BCUT2D eigenvalue weighted by Gasteiger charge is -2.22. The smallest absolute Gasteiger partial charge is 0.337 e. The van der Waals surface area contributed by atoms with Crippen LogP contribution < -0.4 is 10.6 Å². The van der Waals surface area contributed by atoms with Crippen LogP contribution in [0.3, 0.4) is 0 Å². The molecule has 0 saturated carbocycles. The van der Waals surface area contributed by atoms with Crippen LogP contribution in [0.1, 0.15) is 60.5 Å². The predicted molar refractivity (Wildman–Crippen MR) is 123 cm³/mol. The van der Waals surface area contributed by atoms with E-state index in [9.17, 15) is 14.4 Å². The summed E-state index contributed by atoms with van der Waals surface area (Å²) in [5.74, 6) is -0.454. The molecule has 0 bridgehead atoms. The topological polar surface area (TPSA) is 87.7 Å². The van der Waals surface area contributed by atoms with Crippen LogP contribution in [0.4, 0.5) is 10.5 Å². The third-order valence-corrected chi connectivity index (χ3v) is 5.61. The molecule has 1 unspecified atom stereocenters. The highest BCUT2D eigenvalue weighted by molar-refractivity contribution is 5.94. The first kappa shape index (κ1) is 23.3. The fourth-order valence-electron chi connectivity index (χ4n) is 3.82. The maximum absolute atomic E-state index is 12.4. The minimum absolute atomic E-state index is 0.000757. The van der Waals surface area contributed by atoms with Gasteiger partial charge in [-0.2, -0.15) is 0 Å². The second kappa shape index (κ2) is 11.9. The van der Waals surface area contributed by atoms with Gasteiger partial charge in [0.1, 0.15) is 0 Å². The number of ether oxygens (including phenoxy) is 1. The summed E-state index contributed by atoms with van der Waals surface area (Å²) in [6.45, 7) is 0.977. The Morgan fingerprint density at radius 2 is 1.78 bits per heavy atom. The number of rotatable bonds is 8. The fraction of sp³-hybridized carbons (Fsp3) is 0.400. The highest BCUT2D eigenvalue weighted by Gasteiger charge is 2.22. The van der Waals surface area contributed by atoms with Gasteiger partial charge in [0.05, 0.1) is 18.7 Å². The first-order valence-corrected chi connectivity index (χ1v) is 11.2. The van der Waals surface area contributed by atoms with E-state index in [4.69, 9.17) is 4.74 Å². The molecule has 0 radical (unpaired) electrons. The summed E-state index contributed by atoms with van der Waals surface area (Å²) in [6.07, 6.45) is 4.64. The molecule has 3 rings (SSSR count). The highest BCUT2D eigenvalue weighted by atomic mass is 16.5. The number of benzene rings is 2. The van der Waals surface area contributed by atoms with E-state index in [0.29, 0.717) is 25.1 Å². The quantitative estimate of drug-likeness (QED) is 0.468. The molecule has 0 aliphatic carbocycles. The number of imide groups is 1. The fourth-order valence-corrected chi connectivity index (χ4v) is 3.82. The minimum atomic E-state index is -0.366. The van der Waals surface area contributed by atoms with Gasteiger partial charge in [0.25, 0.3) is 0 Å². The van der Waals surface area contributed by atoms with E-state index in [1.54, 1.807) is 12.1 Å². The number of hydrogen-bond donors (Lipinski definition) is 2. The van der Waals surface area contributed by atoms with Gasteiger partial charge >= 0.3 is 12.0 Å². The van der Waals surface area contributed by atoms with Crippen molar-refractivity contribution in [3.63, 3.8) is 0 Å². The van der Waals surface area contributed by atoms with Gasteiger partial charge in [0.2, 0.25) is 5.91 Å². The minimum Gasteiger partial charge on any atom is -0.465 e. The van der Waals surface area contributed by atoms with E-state index in [2.05, 4.69) is 10.6 Å². The molecule has 1 saturated heterocycles. The van der Waals surface area contributed by atoms with Crippen LogP contribution in [0.15, 0.2) is 54.6 Å². The number of anilines is 1. The second-order valence-electron chi connectivity index (χ2n) is 7.91. The number of nitrogens with zero attached hydrogens (tertiary/aromatic N) is 1. The van der Waals surface area contributed by atoms with E-state index in [0.717, 1.165) is 43.4 Å². The SMILES string of the molecule is COC(=O)c1ccc(C(CCCNC(=O)N2CCCCCC2=O)Nc2ccccc2)cc1. The van der Waals surface area contributed by atoms with Crippen molar-refractivity contribution in [2.45, 2.75) is 44.6 Å². The van der Waals surface area contributed by atoms with Crippen molar-refractivity contribution >= 4 is 23.6 Å². The lowest BCUT2D eigenvalue weighted by atomic mass is 10.00. The number of carbonyl (C=O) groups is 3. The van der Waals surface area contributed by atoms with Crippen LogP contribution in [0, 0.1) is 0 Å². The number of nitrogens with one attached hydrogen (secondary N) is 2. The molecule has 0 spiro atoms. The molecule has 2 aromatic carbocycles. The molecule has 2 aromatic rings. The van der Waals surface area contributed by atoms with Crippen molar-refractivity contribution in [2.75, 3.05) is 25.5 Å². The van der Waals surface area contributed by atoms with Crippen molar-refractivity contribution < 1.29 is 19.1 Å². The Hall–Kier alpha value is -3.35. The molecule has 7 nitrogen and oxygen atoms in total. The van der Waals surface area contributed by atoms with E-state index in [1.807, 2.05) is 42.5 Å². The lowest BCUT2D eigenvalue weighted by molar-refractivity contribution is -0.127. The molecular formula is C25H31N3O4. The standard InChI is InChI=1S/C25H31N3O4/c1-32-24(30)20-15-13-19(14-16-20)22(27-21-9-4-2-5-10-21)11-8-17-26-25(31)28-18-7-3-6-12-23(28)29/h2,4-5,9-10,13-16,22,27H,3,6-8,11-12,17-18H2,1H3,(H,26,31). The Balaban J connectivity index is 1.59. The number of esters is 1. The number of urea groups is 1. The number of hydrogen-bond acceptors (Lipinski definition) is 5. The molecule has 7 heteroatoms. The molecule has 1 aliphatic rings. The van der Waals surface area contributed by atoms with Crippen LogP contribution in [0.5, 0.6) is 0 Å². The summed E-state index contributed by atoms with van der Waals surface area (Å²) in [6, 6.07) is 17.0. The zero-order chi connectivity index (χ0) is 22.8. The molecule has 0 aromatic heterocycles. The number of para-hydroxylation sites is 1. The maximum Gasteiger partial charge on any atom is 0.337 e. The molecule has 1 fully saturated rings. The third kappa shape index (κ3) is 6.57. The monoisotopic (exact) mass is 437 g/mol. The summed E-state index contributed by atoms with van der Waals surface area (Å²) in [5, 5.41) is 6.42. The zero-order valence-electron chi connectivity index (χ0n) is 18.5. The molecular weight excluding hydrogens is 406 g/mol. The van der Waals surface area contributed by atoms with Gasteiger partial charge in [-0.3, -0.25) is 9.69 Å².